The number of rotatable bonds is 7. The van der Waals surface area contributed by atoms with E-state index in [1.165, 1.54) is 38.5 Å². The Morgan fingerprint density at radius 1 is 1.21 bits per heavy atom. The van der Waals surface area contributed by atoms with E-state index < -0.39 is 10.8 Å². The Bertz CT molecular complexity index is 284. The number of hydrogen-bond acceptors (Lipinski definition) is 3. The van der Waals surface area contributed by atoms with Crippen LogP contribution in [0.1, 0.15) is 52.4 Å². The van der Waals surface area contributed by atoms with Crippen molar-refractivity contribution in [2.45, 2.75) is 70.5 Å². The van der Waals surface area contributed by atoms with Crippen molar-refractivity contribution in [2.75, 3.05) is 24.6 Å². The second kappa shape index (κ2) is 7.75. The van der Waals surface area contributed by atoms with Gasteiger partial charge in [-0.1, -0.05) is 20.3 Å². The van der Waals surface area contributed by atoms with Gasteiger partial charge in [-0.25, -0.2) is 0 Å². The van der Waals surface area contributed by atoms with Gasteiger partial charge in [0, 0.05) is 47.0 Å². The normalized spacial score (nSPS) is 33.3. The SMILES string of the molecule is CCCNC1CC2CCCC(C1)N2CCS(=O)CC. The molecule has 0 aromatic heterocycles. The van der Waals surface area contributed by atoms with E-state index in [1.54, 1.807) is 0 Å². The first-order chi connectivity index (χ1) is 9.24. The van der Waals surface area contributed by atoms with Crippen molar-refractivity contribution < 1.29 is 4.21 Å². The van der Waals surface area contributed by atoms with E-state index in [0.717, 1.165) is 42.7 Å². The summed E-state index contributed by atoms with van der Waals surface area (Å²) < 4.78 is 11.7. The first-order valence-corrected chi connectivity index (χ1v) is 9.57. The monoisotopic (exact) mass is 286 g/mol. The first kappa shape index (κ1) is 15.5. The van der Waals surface area contributed by atoms with Gasteiger partial charge >= 0.3 is 0 Å². The largest absolute Gasteiger partial charge is 0.314 e. The Kier molecular flexibility index (Phi) is 6.30. The fourth-order valence-corrected chi connectivity index (χ4v) is 4.41. The molecule has 0 saturated carbocycles. The molecule has 0 aliphatic carbocycles. The lowest BCUT2D eigenvalue weighted by molar-refractivity contribution is 0.0302. The molecule has 0 aromatic rings. The van der Waals surface area contributed by atoms with Gasteiger partial charge in [-0.2, -0.15) is 0 Å². The third-order valence-electron chi connectivity index (χ3n) is 4.71. The molecule has 2 rings (SSSR count). The molecule has 1 N–H and O–H groups in total. The lowest BCUT2D eigenvalue weighted by Gasteiger charge is -2.49. The molecule has 112 valence electrons. The van der Waals surface area contributed by atoms with Gasteiger partial charge in [0.25, 0.3) is 0 Å². The minimum absolute atomic E-state index is 0.607. The smallest absolute Gasteiger partial charge is 0.0362 e. The molecule has 2 aliphatic rings. The van der Waals surface area contributed by atoms with Crippen LogP contribution in [0.3, 0.4) is 0 Å². The number of nitrogens with zero attached hydrogens (tertiary/aromatic N) is 1. The van der Waals surface area contributed by atoms with Crippen LogP contribution in [-0.4, -0.2) is 51.8 Å². The number of nitrogens with one attached hydrogen (secondary N) is 1. The lowest BCUT2D eigenvalue weighted by Crippen LogP contribution is -2.57. The van der Waals surface area contributed by atoms with Gasteiger partial charge in [-0.15, -0.1) is 0 Å². The molecule has 2 aliphatic heterocycles. The number of hydrogen-bond donors (Lipinski definition) is 1. The van der Waals surface area contributed by atoms with Crippen LogP contribution in [0.25, 0.3) is 0 Å². The number of fused-ring (bicyclic) bond motifs is 2. The van der Waals surface area contributed by atoms with Crippen LogP contribution in [0.2, 0.25) is 0 Å². The average molecular weight is 286 g/mol. The predicted octanol–water partition coefficient (Wildman–Crippen LogP) is 2.14. The van der Waals surface area contributed by atoms with E-state index in [-0.39, 0.29) is 0 Å². The molecule has 2 saturated heterocycles. The van der Waals surface area contributed by atoms with Crippen molar-refractivity contribution in [1.82, 2.24) is 10.2 Å². The summed E-state index contributed by atoms with van der Waals surface area (Å²) in [5.74, 6) is 1.68. The van der Waals surface area contributed by atoms with Gasteiger partial charge in [-0.3, -0.25) is 9.11 Å². The zero-order valence-corrected chi connectivity index (χ0v) is 13.4. The summed E-state index contributed by atoms with van der Waals surface area (Å²) >= 11 is 0. The maximum absolute atomic E-state index is 11.7. The fourth-order valence-electron chi connectivity index (χ4n) is 3.71. The van der Waals surface area contributed by atoms with Crippen LogP contribution < -0.4 is 5.32 Å². The van der Waals surface area contributed by atoms with E-state index in [4.69, 9.17) is 0 Å². The van der Waals surface area contributed by atoms with Gasteiger partial charge in [0.2, 0.25) is 0 Å². The second-order valence-corrected chi connectivity index (χ2v) is 7.90. The van der Waals surface area contributed by atoms with E-state index >= 15 is 0 Å². The van der Waals surface area contributed by atoms with E-state index in [2.05, 4.69) is 17.1 Å². The molecule has 2 heterocycles. The standard InChI is InChI=1S/C15H30N2OS/c1-3-8-16-13-11-14-6-5-7-15(12-13)17(14)9-10-19(18)4-2/h13-16H,3-12H2,1-2H3. The molecule has 0 aromatic carbocycles. The molecular weight excluding hydrogens is 256 g/mol. The maximum Gasteiger partial charge on any atom is 0.0362 e. The molecule has 2 bridgehead atoms. The Labute approximate surface area is 121 Å². The highest BCUT2D eigenvalue weighted by atomic mass is 32.2. The molecule has 0 amide bonds. The average Bonchev–Trinajstić information content (AvgIpc) is 2.41. The zero-order valence-electron chi connectivity index (χ0n) is 12.6. The third kappa shape index (κ3) is 4.27. The molecule has 2 fully saturated rings. The molecule has 19 heavy (non-hydrogen) atoms. The summed E-state index contributed by atoms with van der Waals surface area (Å²) in [4.78, 5) is 2.68. The van der Waals surface area contributed by atoms with Crippen molar-refractivity contribution in [3.05, 3.63) is 0 Å². The third-order valence-corrected chi connectivity index (χ3v) is 5.99. The van der Waals surface area contributed by atoms with Crippen LogP contribution in [0.15, 0.2) is 0 Å². The van der Waals surface area contributed by atoms with Crippen molar-refractivity contribution in [3.8, 4) is 0 Å². The molecule has 0 spiro atoms. The maximum atomic E-state index is 11.7. The minimum Gasteiger partial charge on any atom is -0.314 e. The Hall–Kier alpha value is 0.0700. The van der Waals surface area contributed by atoms with E-state index in [1.807, 2.05) is 6.92 Å². The highest BCUT2D eigenvalue weighted by molar-refractivity contribution is 7.84. The summed E-state index contributed by atoms with van der Waals surface area (Å²) in [6.45, 7) is 6.47. The Morgan fingerprint density at radius 2 is 1.89 bits per heavy atom. The topological polar surface area (TPSA) is 32.3 Å². The summed E-state index contributed by atoms with van der Waals surface area (Å²) in [6.07, 6.45) is 7.91. The molecule has 3 atom stereocenters. The van der Waals surface area contributed by atoms with Gasteiger partial charge in [0.15, 0.2) is 0 Å². The summed E-state index contributed by atoms with van der Waals surface area (Å²) in [7, 11) is -0.607. The molecule has 4 heteroatoms. The van der Waals surface area contributed by atoms with Crippen LogP contribution in [0, 0.1) is 0 Å². The van der Waals surface area contributed by atoms with Gasteiger partial charge in [0.1, 0.15) is 0 Å². The van der Waals surface area contributed by atoms with E-state index in [0.29, 0.717) is 0 Å². The van der Waals surface area contributed by atoms with Crippen molar-refractivity contribution in [1.29, 1.82) is 0 Å². The van der Waals surface area contributed by atoms with Crippen molar-refractivity contribution in [2.24, 2.45) is 0 Å². The summed E-state index contributed by atoms with van der Waals surface area (Å²) in [6, 6.07) is 2.22. The van der Waals surface area contributed by atoms with Crippen molar-refractivity contribution in [3.63, 3.8) is 0 Å². The van der Waals surface area contributed by atoms with Crippen LogP contribution in [0.4, 0.5) is 0 Å². The summed E-state index contributed by atoms with van der Waals surface area (Å²) in [5, 5.41) is 3.71. The Morgan fingerprint density at radius 3 is 2.47 bits per heavy atom. The quantitative estimate of drug-likeness (QED) is 0.778. The molecule has 3 unspecified atom stereocenters. The van der Waals surface area contributed by atoms with Crippen LogP contribution in [0.5, 0.6) is 0 Å². The van der Waals surface area contributed by atoms with Crippen LogP contribution >= 0.6 is 0 Å². The second-order valence-electron chi connectivity index (χ2n) is 6.03. The Balaban J connectivity index is 1.86. The molecule has 0 radical (unpaired) electrons. The lowest BCUT2D eigenvalue weighted by atomic mass is 9.82. The fraction of sp³-hybridized carbons (Fsp3) is 1.00. The zero-order chi connectivity index (χ0) is 13.7. The first-order valence-electron chi connectivity index (χ1n) is 8.08. The molecular formula is C15H30N2OS. The predicted molar refractivity (Wildman–Crippen MR) is 83.0 cm³/mol. The van der Waals surface area contributed by atoms with Gasteiger partial charge in [0.05, 0.1) is 0 Å². The number of piperidine rings is 2. The van der Waals surface area contributed by atoms with Crippen LogP contribution in [-0.2, 0) is 10.8 Å². The van der Waals surface area contributed by atoms with Gasteiger partial charge in [-0.05, 0) is 38.6 Å². The highest BCUT2D eigenvalue weighted by Crippen LogP contribution is 2.33. The molecule has 3 nitrogen and oxygen atoms in total. The highest BCUT2D eigenvalue weighted by Gasteiger charge is 2.37. The minimum atomic E-state index is -0.607. The van der Waals surface area contributed by atoms with Gasteiger partial charge < -0.3 is 5.32 Å². The summed E-state index contributed by atoms with van der Waals surface area (Å²) in [5.41, 5.74) is 0. The van der Waals surface area contributed by atoms with E-state index in [9.17, 15) is 4.21 Å². The van der Waals surface area contributed by atoms with Crippen molar-refractivity contribution >= 4 is 10.8 Å².